The third-order valence-electron chi connectivity index (χ3n) is 5.41. The topological polar surface area (TPSA) is 87.0 Å². The Morgan fingerprint density at radius 2 is 1.80 bits per heavy atom. The highest BCUT2D eigenvalue weighted by molar-refractivity contribution is 7.07. The van der Waals surface area contributed by atoms with Crippen molar-refractivity contribution in [2.24, 2.45) is 4.99 Å². The van der Waals surface area contributed by atoms with E-state index in [1.807, 2.05) is 37.3 Å². The molecule has 1 atom stereocenters. The van der Waals surface area contributed by atoms with Crippen LogP contribution in [0.2, 0.25) is 0 Å². The monoisotopic (exact) mass is 488 g/mol. The Labute approximate surface area is 206 Å². The van der Waals surface area contributed by atoms with E-state index in [-0.39, 0.29) is 17.7 Å². The Hall–Kier alpha value is -4.04. The second-order valence-corrected chi connectivity index (χ2v) is 9.05. The fourth-order valence-electron chi connectivity index (χ4n) is 3.81. The molecular formula is C27H24N2O5S. The zero-order valence-corrected chi connectivity index (χ0v) is 20.4. The van der Waals surface area contributed by atoms with Gasteiger partial charge in [0.05, 0.1) is 21.8 Å². The van der Waals surface area contributed by atoms with Crippen LogP contribution < -0.4 is 19.6 Å². The lowest BCUT2D eigenvalue weighted by atomic mass is 9.96. The number of nitrogens with zero attached hydrogens (tertiary/aromatic N) is 2. The number of allylic oxidation sites excluding steroid dienone is 1. The molecule has 0 radical (unpaired) electrons. The number of aromatic nitrogens is 1. The maximum Gasteiger partial charge on any atom is 0.338 e. The molecule has 1 aliphatic heterocycles. The summed E-state index contributed by atoms with van der Waals surface area (Å²) in [4.78, 5) is 43.0. The first-order chi connectivity index (χ1) is 16.8. The van der Waals surface area contributed by atoms with Crippen LogP contribution >= 0.6 is 11.3 Å². The minimum Gasteiger partial charge on any atom is -0.458 e. The third-order valence-corrected chi connectivity index (χ3v) is 6.39. The summed E-state index contributed by atoms with van der Waals surface area (Å²) in [5.41, 5.74) is 3.15. The Morgan fingerprint density at radius 1 is 1.11 bits per heavy atom. The summed E-state index contributed by atoms with van der Waals surface area (Å²) in [6.07, 6.45) is 3.30. The van der Waals surface area contributed by atoms with Gasteiger partial charge in [-0.05, 0) is 43.2 Å². The van der Waals surface area contributed by atoms with Crippen molar-refractivity contribution in [3.05, 3.63) is 109 Å². The van der Waals surface area contributed by atoms with Gasteiger partial charge in [-0.3, -0.25) is 14.2 Å². The lowest BCUT2D eigenvalue weighted by Gasteiger charge is -2.24. The number of hydrogen-bond donors (Lipinski definition) is 0. The highest BCUT2D eigenvalue weighted by Crippen LogP contribution is 2.31. The second-order valence-electron chi connectivity index (χ2n) is 8.04. The van der Waals surface area contributed by atoms with Gasteiger partial charge in [-0.15, -0.1) is 0 Å². The molecule has 0 N–H and O–H groups in total. The van der Waals surface area contributed by atoms with Crippen molar-refractivity contribution in [2.75, 3.05) is 6.61 Å². The van der Waals surface area contributed by atoms with E-state index in [1.54, 1.807) is 31.2 Å². The average molecular weight is 489 g/mol. The third kappa shape index (κ3) is 5.07. The van der Waals surface area contributed by atoms with E-state index in [1.165, 1.54) is 28.9 Å². The number of benzene rings is 2. The number of carbonyl (C=O) groups is 2. The Morgan fingerprint density at radius 3 is 2.43 bits per heavy atom. The zero-order valence-electron chi connectivity index (χ0n) is 19.6. The summed E-state index contributed by atoms with van der Waals surface area (Å²) in [6, 6.07) is 13.8. The number of hydrogen-bond acceptors (Lipinski definition) is 7. The van der Waals surface area contributed by atoms with E-state index in [4.69, 9.17) is 9.47 Å². The molecule has 2 heterocycles. The molecule has 7 nitrogen and oxygen atoms in total. The fraction of sp³-hybridized carbons (Fsp3) is 0.185. The van der Waals surface area contributed by atoms with Crippen molar-refractivity contribution in [1.29, 1.82) is 0 Å². The van der Waals surface area contributed by atoms with Gasteiger partial charge in [0.15, 0.2) is 4.80 Å². The van der Waals surface area contributed by atoms with Crippen molar-refractivity contribution in [3.63, 3.8) is 0 Å². The van der Waals surface area contributed by atoms with Gasteiger partial charge in [0.25, 0.3) is 5.56 Å². The van der Waals surface area contributed by atoms with Crippen LogP contribution in [-0.2, 0) is 14.3 Å². The smallest absolute Gasteiger partial charge is 0.338 e. The summed E-state index contributed by atoms with van der Waals surface area (Å²) >= 11 is 1.26. The number of rotatable bonds is 6. The van der Waals surface area contributed by atoms with Crippen molar-refractivity contribution in [1.82, 2.24) is 4.57 Å². The summed E-state index contributed by atoms with van der Waals surface area (Å²) in [6.45, 7) is 8.67. The first-order valence-electron chi connectivity index (χ1n) is 10.9. The minimum absolute atomic E-state index is 0.0333. The Balaban J connectivity index is 1.88. The number of esters is 2. The van der Waals surface area contributed by atoms with E-state index < -0.39 is 18.0 Å². The second kappa shape index (κ2) is 10.1. The summed E-state index contributed by atoms with van der Waals surface area (Å²) in [5.74, 6) is -0.649. The maximum atomic E-state index is 13.6. The highest BCUT2D eigenvalue weighted by atomic mass is 32.1. The first-order valence-corrected chi connectivity index (χ1v) is 11.8. The molecule has 35 heavy (non-hydrogen) atoms. The van der Waals surface area contributed by atoms with Gasteiger partial charge in [0, 0.05) is 6.92 Å². The van der Waals surface area contributed by atoms with Crippen molar-refractivity contribution >= 4 is 29.4 Å². The number of ether oxygens (including phenoxy) is 2. The normalized spacial score (nSPS) is 15.3. The Bertz CT molecular complexity index is 1510. The summed E-state index contributed by atoms with van der Waals surface area (Å²) < 4.78 is 12.5. The molecule has 0 aliphatic carbocycles. The average Bonchev–Trinajstić information content (AvgIpc) is 3.12. The van der Waals surface area contributed by atoms with Gasteiger partial charge in [0.1, 0.15) is 12.4 Å². The molecule has 2 aromatic carbocycles. The SMILES string of the molecule is C=CCOC(=O)C1=C(C)N=c2s/c(=C/c3ccc(C)cc3)c(=O)n2C1c1ccc(OC(C)=O)cc1. The van der Waals surface area contributed by atoms with Gasteiger partial charge in [-0.2, -0.15) is 0 Å². The number of carbonyl (C=O) groups excluding carboxylic acids is 2. The first kappa shape index (κ1) is 24.1. The fourth-order valence-corrected chi connectivity index (χ4v) is 4.86. The van der Waals surface area contributed by atoms with E-state index in [0.717, 1.165) is 11.1 Å². The molecule has 0 saturated heterocycles. The molecule has 178 valence electrons. The molecule has 1 aliphatic rings. The highest BCUT2D eigenvalue weighted by Gasteiger charge is 2.33. The molecule has 0 amide bonds. The Kier molecular flexibility index (Phi) is 6.93. The van der Waals surface area contributed by atoms with E-state index in [2.05, 4.69) is 11.6 Å². The van der Waals surface area contributed by atoms with Crippen molar-refractivity contribution < 1.29 is 19.1 Å². The van der Waals surface area contributed by atoms with Crippen LogP contribution in [0, 0.1) is 6.92 Å². The molecule has 8 heteroatoms. The van der Waals surface area contributed by atoms with E-state index in [0.29, 0.717) is 26.3 Å². The largest absolute Gasteiger partial charge is 0.458 e. The van der Waals surface area contributed by atoms with Gasteiger partial charge in [-0.1, -0.05) is 66.0 Å². The molecule has 4 rings (SSSR count). The number of aryl methyl sites for hydroxylation is 1. The zero-order chi connectivity index (χ0) is 25.1. The van der Waals surface area contributed by atoms with Gasteiger partial charge in [0.2, 0.25) is 0 Å². The van der Waals surface area contributed by atoms with Gasteiger partial charge < -0.3 is 9.47 Å². The summed E-state index contributed by atoms with van der Waals surface area (Å²) in [7, 11) is 0. The predicted octanol–water partition coefficient (Wildman–Crippen LogP) is 3.20. The van der Waals surface area contributed by atoms with Crippen LogP contribution in [0.3, 0.4) is 0 Å². The quantitative estimate of drug-likeness (QED) is 0.302. The maximum absolute atomic E-state index is 13.6. The van der Waals surface area contributed by atoms with Crippen LogP contribution in [0.1, 0.15) is 36.6 Å². The number of fused-ring (bicyclic) bond motifs is 1. The molecular weight excluding hydrogens is 464 g/mol. The van der Waals surface area contributed by atoms with Crippen molar-refractivity contribution in [3.8, 4) is 5.75 Å². The van der Waals surface area contributed by atoms with Crippen LogP contribution in [0.25, 0.3) is 6.08 Å². The van der Waals surface area contributed by atoms with E-state index >= 15 is 0 Å². The molecule has 1 unspecified atom stereocenters. The van der Waals surface area contributed by atoms with Crippen LogP contribution in [0.5, 0.6) is 5.75 Å². The molecule has 0 fully saturated rings. The molecule has 0 saturated carbocycles. The van der Waals surface area contributed by atoms with Crippen LogP contribution in [-0.4, -0.2) is 23.1 Å². The van der Waals surface area contributed by atoms with Crippen LogP contribution in [0.15, 0.2) is 82.2 Å². The van der Waals surface area contributed by atoms with Gasteiger partial charge in [-0.25, -0.2) is 9.79 Å². The molecule has 3 aromatic rings. The molecule has 1 aromatic heterocycles. The summed E-state index contributed by atoms with van der Waals surface area (Å²) in [5, 5.41) is 0. The lowest BCUT2D eigenvalue weighted by Crippen LogP contribution is -2.39. The molecule has 0 spiro atoms. The standard InChI is InChI=1S/C27H24N2O5S/c1-5-14-33-26(32)23-17(3)28-27-29(24(23)20-10-12-21(13-11-20)34-18(4)30)25(31)22(35-27)15-19-8-6-16(2)7-9-19/h5-13,15,24H,1,14H2,2-4H3/b22-15+. The van der Waals surface area contributed by atoms with Gasteiger partial charge >= 0.3 is 11.9 Å². The minimum atomic E-state index is -0.755. The molecule has 0 bridgehead atoms. The van der Waals surface area contributed by atoms with Crippen molar-refractivity contribution in [2.45, 2.75) is 26.8 Å². The number of thiazole rings is 1. The van der Waals surface area contributed by atoms with Crippen LogP contribution in [0.4, 0.5) is 0 Å². The van der Waals surface area contributed by atoms with E-state index in [9.17, 15) is 14.4 Å². The lowest BCUT2D eigenvalue weighted by molar-refractivity contribution is -0.138. The predicted molar refractivity (Wildman–Crippen MR) is 134 cm³/mol.